The smallest absolute Gasteiger partial charge is 0.267 e. The zero-order chi connectivity index (χ0) is 14.8. The fourth-order valence-electron chi connectivity index (χ4n) is 1.53. The van der Waals surface area contributed by atoms with Crippen molar-refractivity contribution in [2.75, 3.05) is 0 Å². The normalized spacial score (nSPS) is 9.45. The van der Waals surface area contributed by atoms with Gasteiger partial charge in [0.2, 0.25) is 0 Å². The van der Waals surface area contributed by atoms with E-state index in [9.17, 15) is 4.79 Å². The maximum Gasteiger partial charge on any atom is 2.00 e. The minimum atomic E-state index is -0.245. The number of hydrogen-bond acceptors (Lipinski definition) is 3. The van der Waals surface area contributed by atoms with Crippen LogP contribution in [0.1, 0.15) is 15.9 Å². The summed E-state index contributed by atoms with van der Waals surface area (Å²) in [7, 11) is 0. The van der Waals surface area contributed by atoms with E-state index in [4.69, 9.17) is 0 Å². The second-order valence-electron chi connectivity index (χ2n) is 4.12. The van der Waals surface area contributed by atoms with E-state index in [1.54, 1.807) is 30.7 Å². The number of nitrogens with one attached hydrogen (secondary N) is 1. The molecule has 1 heterocycles. The molecule has 0 atom stereocenters. The molecule has 22 heavy (non-hydrogen) atoms. The van der Waals surface area contributed by atoms with Crippen molar-refractivity contribution in [1.29, 1.82) is 0 Å². The van der Waals surface area contributed by atoms with Crippen LogP contribution in [0.5, 0.6) is 0 Å². The number of pyridine rings is 1. The van der Waals surface area contributed by atoms with Gasteiger partial charge in [-0.05, 0) is 18.3 Å². The van der Waals surface area contributed by atoms with E-state index < -0.39 is 0 Å². The zero-order valence-electron chi connectivity index (χ0n) is 11.7. The number of aromatic nitrogens is 1. The molecule has 1 aromatic heterocycles. The van der Waals surface area contributed by atoms with Gasteiger partial charge in [0.1, 0.15) is 0 Å². The maximum atomic E-state index is 11.5. The molecule has 1 amide bonds. The third-order valence-electron chi connectivity index (χ3n) is 2.57. The first-order valence-electron chi connectivity index (χ1n) is 6.48. The standard InChI is InChI=1S/C12H10N3O.C5H5.Fe/c16-12(11-5-7-13-8-6-11)15-14-9-10-3-1-2-4-10;1-2-4-5-3-1;/h1-9H,(H,15,16);1-5H;/q2*-1;+2/b14-9+;;. The Morgan fingerprint density at radius 2 is 1.82 bits per heavy atom. The monoisotopic (exact) mass is 333 g/mol. The summed E-state index contributed by atoms with van der Waals surface area (Å²) in [6.45, 7) is 0. The van der Waals surface area contributed by atoms with Crippen molar-refractivity contribution in [3.63, 3.8) is 0 Å². The molecular weight excluding hydrogens is 318 g/mol. The topological polar surface area (TPSA) is 54.4 Å². The van der Waals surface area contributed by atoms with Crippen LogP contribution >= 0.6 is 0 Å². The van der Waals surface area contributed by atoms with Crippen molar-refractivity contribution in [2.45, 2.75) is 0 Å². The van der Waals surface area contributed by atoms with Gasteiger partial charge in [0.05, 0.1) is 0 Å². The predicted octanol–water partition coefficient (Wildman–Crippen LogP) is 2.97. The van der Waals surface area contributed by atoms with Crippen LogP contribution in [0.3, 0.4) is 0 Å². The third-order valence-corrected chi connectivity index (χ3v) is 2.57. The van der Waals surface area contributed by atoms with Crippen LogP contribution in [0.25, 0.3) is 0 Å². The van der Waals surface area contributed by atoms with E-state index >= 15 is 0 Å². The van der Waals surface area contributed by atoms with Crippen molar-refractivity contribution in [3.8, 4) is 0 Å². The van der Waals surface area contributed by atoms with Crippen LogP contribution < -0.4 is 5.43 Å². The van der Waals surface area contributed by atoms with Gasteiger partial charge < -0.3 is 0 Å². The molecule has 2 aromatic carbocycles. The summed E-state index contributed by atoms with van der Waals surface area (Å²) in [5.41, 5.74) is 3.93. The molecule has 3 aromatic rings. The first-order chi connectivity index (χ1) is 10.4. The average molecular weight is 333 g/mol. The Morgan fingerprint density at radius 3 is 2.36 bits per heavy atom. The van der Waals surface area contributed by atoms with Crippen LogP contribution in [0.15, 0.2) is 84.2 Å². The number of rotatable bonds is 3. The van der Waals surface area contributed by atoms with Gasteiger partial charge in [-0.15, -0.1) is 0 Å². The van der Waals surface area contributed by atoms with E-state index in [0.29, 0.717) is 5.56 Å². The Labute approximate surface area is 140 Å². The van der Waals surface area contributed by atoms with Crippen molar-refractivity contribution in [2.24, 2.45) is 5.10 Å². The molecule has 0 bridgehead atoms. The van der Waals surface area contributed by atoms with Gasteiger partial charge in [-0.1, -0.05) is 0 Å². The summed E-state index contributed by atoms with van der Waals surface area (Å²) in [6, 6.07) is 20.9. The second kappa shape index (κ2) is 10.3. The Bertz CT molecular complexity index is 629. The van der Waals surface area contributed by atoms with Crippen molar-refractivity contribution < 1.29 is 21.9 Å². The molecule has 5 heteroatoms. The average Bonchev–Trinajstić information content (AvgIpc) is 3.24. The van der Waals surface area contributed by atoms with E-state index in [2.05, 4.69) is 15.5 Å². The van der Waals surface area contributed by atoms with Gasteiger partial charge in [0, 0.05) is 18.0 Å². The molecule has 0 saturated carbocycles. The van der Waals surface area contributed by atoms with Crippen molar-refractivity contribution >= 4 is 12.1 Å². The van der Waals surface area contributed by atoms with Gasteiger partial charge >= 0.3 is 17.1 Å². The molecule has 0 aliphatic carbocycles. The molecule has 0 radical (unpaired) electrons. The van der Waals surface area contributed by atoms with Crippen LogP contribution in [-0.4, -0.2) is 17.1 Å². The first-order valence-corrected chi connectivity index (χ1v) is 6.48. The summed E-state index contributed by atoms with van der Waals surface area (Å²) in [4.78, 5) is 15.4. The number of carbonyl (C=O) groups is 1. The van der Waals surface area contributed by atoms with Crippen LogP contribution in [0.2, 0.25) is 0 Å². The largest absolute Gasteiger partial charge is 2.00 e. The maximum absolute atomic E-state index is 11.5. The molecule has 0 saturated heterocycles. The Morgan fingerprint density at radius 1 is 1.09 bits per heavy atom. The Kier molecular flexibility index (Phi) is 8.20. The van der Waals surface area contributed by atoms with E-state index in [-0.39, 0.29) is 23.0 Å². The SMILES string of the molecule is O=C(N/N=C/c1cc[cH-]c1)c1ccncc1.[Fe+2].c1cc[cH-]c1. The molecule has 0 unspecified atom stereocenters. The van der Waals surface area contributed by atoms with Gasteiger partial charge in [-0.3, -0.25) is 9.78 Å². The molecule has 3 rings (SSSR count). The zero-order valence-corrected chi connectivity index (χ0v) is 12.8. The Hall–Kier alpha value is -2.49. The Balaban J connectivity index is 0.000000344. The number of carbonyl (C=O) groups excluding carboxylic acids is 1. The summed E-state index contributed by atoms with van der Waals surface area (Å²) in [5.74, 6) is -0.245. The number of nitrogens with zero attached hydrogens (tertiary/aromatic N) is 2. The van der Waals surface area contributed by atoms with Gasteiger partial charge in [-0.2, -0.15) is 47.1 Å². The fourth-order valence-corrected chi connectivity index (χ4v) is 1.53. The van der Waals surface area contributed by atoms with Crippen LogP contribution in [0, 0.1) is 0 Å². The predicted molar refractivity (Wildman–Crippen MR) is 83.4 cm³/mol. The summed E-state index contributed by atoms with van der Waals surface area (Å²) in [6.07, 6.45) is 4.73. The van der Waals surface area contributed by atoms with E-state index in [1.807, 2.05) is 54.6 Å². The van der Waals surface area contributed by atoms with Crippen molar-refractivity contribution in [3.05, 3.63) is 90.3 Å². The molecule has 1 N–H and O–H groups in total. The minimum Gasteiger partial charge on any atom is -0.267 e. The molecule has 0 aliphatic rings. The first kappa shape index (κ1) is 17.6. The minimum absolute atomic E-state index is 0. The summed E-state index contributed by atoms with van der Waals surface area (Å²) in [5, 5.41) is 3.85. The van der Waals surface area contributed by atoms with Gasteiger partial charge in [0.25, 0.3) is 5.91 Å². The second-order valence-corrected chi connectivity index (χ2v) is 4.12. The molecule has 0 fully saturated rings. The van der Waals surface area contributed by atoms with Crippen LogP contribution in [-0.2, 0) is 17.1 Å². The molecule has 4 nitrogen and oxygen atoms in total. The molecular formula is C17H15FeN3O. The van der Waals surface area contributed by atoms with E-state index in [1.165, 1.54) is 0 Å². The number of amides is 1. The fraction of sp³-hybridized carbons (Fsp3) is 0. The van der Waals surface area contributed by atoms with Gasteiger partial charge in [-0.25, -0.2) is 23.6 Å². The summed E-state index contributed by atoms with van der Waals surface area (Å²) < 4.78 is 0. The number of hydrazone groups is 1. The summed E-state index contributed by atoms with van der Waals surface area (Å²) >= 11 is 0. The number of hydrogen-bond donors (Lipinski definition) is 1. The quantitative estimate of drug-likeness (QED) is 0.347. The molecule has 0 spiro atoms. The van der Waals surface area contributed by atoms with E-state index in [0.717, 1.165) is 5.56 Å². The third kappa shape index (κ3) is 6.31. The van der Waals surface area contributed by atoms with Crippen LogP contribution in [0.4, 0.5) is 0 Å². The van der Waals surface area contributed by atoms with Gasteiger partial charge in [0.15, 0.2) is 0 Å². The van der Waals surface area contributed by atoms with Crippen molar-refractivity contribution in [1.82, 2.24) is 10.4 Å². The molecule has 0 aliphatic heterocycles. The molecule has 112 valence electrons.